The fourth-order valence-electron chi connectivity index (χ4n) is 1.40. The third-order valence-corrected chi connectivity index (χ3v) is 3.80. The number of hydrogen-bond acceptors (Lipinski definition) is 4. The van der Waals surface area contributed by atoms with Crippen molar-refractivity contribution in [3.8, 4) is 0 Å². The number of pyridine rings is 1. The molecule has 0 bridgehead atoms. The Kier molecular flexibility index (Phi) is 3.68. The fraction of sp³-hybridized carbons (Fsp3) is 0.273. The quantitative estimate of drug-likeness (QED) is 0.948. The second-order valence-electron chi connectivity index (χ2n) is 3.47. The van der Waals surface area contributed by atoms with E-state index >= 15 is 0 Å². The normalized spacial score (nSPS) is 12.7. The second-order valence-corrected chi connectivity index (χ2v) is 5.27. The summed E-state index contributed by atoms with van der Waals surface area (Å²) in [4.78, 5) is 8.48. The van der Waals surface area contributed by atoms with Crippen LogP contribution in [0.4, 0.5) is 0 Å². The molecule has 1 unspecified atom stereocenters. The molecule has 5 heteroatoms. The summed E-state index contributed by atoms with van der Waals surface area (Å²) >= 11 is 4.94. The number of nitrogens with zero attached hydrogens (tertiary/aromatic N) is 2. The number of aromatic nitrogens is 2. The molecule has 0 radical (unpaired) electrons. The van der Waals surface area contributed by atoms with Crippen molar-refractivity contribution < 1.29 is 5.11 Å². The maximum absolute atomic E-state index is 10.0. The van der Waals surface area contributed by atoms with Gasteiger partial charge in [0.2, 0.25) is 0 Å². The van der Waals surface area contributed by atoms with Crippen LogP contribution < -0.4 is 0 Å². The first-order chi connectivity index (χ1) is 7.66. The lowest BCUT2D eigenvalue weighted by Gasteiger charge is -2.09. The van der Waals surface area contributed by atoms with Gasteiger partial charge in [-0.3, -0.25) is 4.98 Å². The van der Waals surface area contributed by atoms with Gasteiger partial charge in [0.15, 0.2) is 0 Å². The topological polar surface area (TPSA) is 46.0 Å². The Morgan fingerprint density at radius 2 is 2.38 bits per heavy atom. The summed E-state index contributed by atoms with van der Waals surface area (Å²) in [5.74, 6) is 0. The van der Waals surface area contributed by atoms with Crippen molar-refractivity contribution in [2.75, 3.05) is 0 Å². The molecule has 0 aliphatic carbocycles. The first-order valence-electron chi connectivity index (χ1n) is 4.86. The molecule has 1 N–H and O–H groups in total. The summed E-state index contributed by atoms with van der Waals surface area (Å²) in [7, 11) is 0. The monoisotopic (exact) mass is 298 g/mol. The van der Waals surface area contributed by atoms with Crippen molar-refractivity contribution in [1.29, 1.82) is 0 Å². The van der Waals surface area contributed by atoms with Crippen LogP contribution in [0.15, 0.2) is 28.2 Å². The van der Waals surface area contributed by atoms with Crippen molar-refractivity contribution in [2.45, 2.75) is 19.4 Å². The standard InChI is InChI=1S/C11H11BrN2OS/c1-7-6-16-10(14-7)5-9(15)11-8(12)3-2-4-13-11/h2-4,6,9,15H,5H2,1H3. The van der Waals surface area contributed by atoms with Gasteiger partial charge in [-0.05, 0) is 35.0 Å². The molecule has 2 aromatic rings. The van der Waals surface area contributed by atoms with Crippen LogP contribution >= 0.6 is 27.3 Å². The number of thiazole rings is 1. The highest BCUT2D eigenvalue weighted by Gasteiger charge is 2.14. The van der Waals surface area contributed by atoms with Crippen molar-refractivity contribution in [2.24, 2.45) is 0 Å². The van der Waals surface area contributed by atoms with E-state index in [1.54, 1.807) is 17.5 Å². The van der Waals surface area contributed by atoms with E-state index in [-0.39, 0.29) is 0 Å². The van der Waals surface area contributed by atoms with E-state index in [1.807, 2.05) is 24.4 Å². The molecule has 0 spiro atoms. The molecule has 2 rings (SSSR count). The predicted octanol–water partition coefficient (Wildman–Crippen LogP) is 2.89. The third kappa shape index (κ3) is 2.66. The number of rotatable bonds is 3. The summed E-state index contributed by atoms with van der Waals surface area (Å²) in [6.07, 6.45) is 1.57. The van der Waals surface area contributed by atoms with Gasteiger partial charge >= 0.3 is 0 Å². The molecular weight excluding hydrogens is 288 g/mol. The molecule has 16 heavy (non-hydrogen) atoms. The Morgan fingerprint density at radius 3 is 3.00 bits per heavy atom. The van der Waals surface area contributed by atoms with Crippen LogP contribution in [0, 0.1) is 6.92 Å². The summed E-state index contributed by atoms with van der Waals surface area (Å²) in [6, 6.07) is 3.70. The summed E-state index contributed by atoms with van der Waals surface area (Å²) in [5, 5.41) is 13.0. The zero-order valence-corrected chi connectivity index (χ0v) is 11.1. The zero-order chi connectivity index (χ0) is 11.5. The van der Waals surface area contributed by atoms with Gasteiger partial charge in [-0.25, -0.2) is 4.98 Å². The van der Waals surface area contributed by atoms with E-state index in [0.29, 0.717) is 12.1 Å². The van der Waals surface area contributed by atoms with Gasteiger partial charge in [0.25, 0.3) is 0 Å². The number of aliphatic hydroxyl groups excluding tert-OH is 1. The number of aryl methyl sites for hydroxylation is 1. The van der Waals surface area contributed by atoms with Crippen LogP contribution in [0.1, 0.15) is 22.5 Å². The second kappa shape index (κ2) is 5.03. The summed E-state index contributed by atoms with van der Waals surface area (Å²) in [5.41, 5.74) is 1.66. The summed E-state index contributed by atoms with van der Waals surface area (Å²) < 4.78 is 0.829. The van der Waals surface area contributed by atoms with Gasteiger partial charge in [-0.2, -0.15) is 0 Å². The molecule has 0 aliphatic rings. The molecule has 2 heterocycles. The largest absolute Gasteiger partial charge is 0.386 e. The van der Waals surface area contributed by atoms with Crippen LogP contribution in [0.5, 0.6) is 0 Å². The fourth-order valence-corrected chi connectivity index (χ4v) is 2.73. The maximum Gasteiger partial charge on any atom is 0.103 e. The minimum absolute atomic E-state index is 0.508. The van der Waals surface area contributed by atoms with E-state index in [4.69, 9.17) is 0 Å². The molecule has 0 aliphatic heterocycles. The Balaban J connectivity index is 2.14. The van der Waals surface area contributed by atoms with Crippen molar-refractivity contribution in [3.05, 3.63) is 44.6 Å². The Hall–Kier alpha value is -0.780. The molecule has 0 aromatic carbocycles. The lowest BCUT2D eigenvalue weighted by molar-refractivity contribution is 0.172. The van der Waals surface area contributed by atoms with E-state index in [0.717, 1.165) is 15.2 Å². The van der Waals surface area contributed by atoms with Crippen LogP contribution in [0.2, 0.25) is 0 Å². The molecule has 84 valence electrons. The average Bonchev–Trinajstić information content (AvgIpc) is 2.64. The lowest BCUT2D eigenvalue weighted by Crippen LogP contribution is -2.04. The Bertz CT molecular complexity index is 486. The number of hydrogen-bond donors (Lipinski definition) is 1. The van der Waals surface area contributed by atoms with E-state index in [9.17, 15) is 5.11 Å². The molecule has 2 aromatic heterocycles. The highest BCUT2D eigenvalue weighted by Crippen LogP contribution is 2.24. The first kappa shape index (κ1) is 11.7. The van der Waals surface area contributed by atoms with Crippen molar-refractivity contribution >= 4 is 27.3 Å². The van der Waals surface area contributed by atoms with E-state index < -0.39 is 6.10 Å². The van der Waals surface area contributed by atoms with Gasteiger partial charge in [-0.1, -0.05) is 0 Å². The highest BCUT2D eigenvalue weighted by atomic mass is 79.9. The molecule has 0 fully saturated rings. The number of halogens is 1. The van der Waals surface area contributed by atoms with Gasteiger partial charge in [0.05, 0.1) is 10.7 Å². The van der Waals surface area contributed by atoms with Crippen molar-refractivity contribution in [1.82, 2.24) is 9.97 Å². The smallest absolute Gasteiger partial charge is 0.103 e. The minimum atomic E-state index is -0.610. The number of aliphatic hydroxyl groups is 1. The average molecular weight is 299 g/mol. The first-order valence-corrected chi connectivity index (χ1v) is 6.53. The molecule has 0 saturated heterocycles. The van der Waals surface area contributed by atoms with Crippen LogP contribution in [-0.2, 0) is 6.42 Å². The Labute approximate surface area is 106 Å². The van der Waals surface area contributed by atoms with Gasteiger partial charge < -0.3 is 5.11 Å². The molecular formula is C11H11BrN2OS. The Morgan fingerprint density at radius 1 is 1.56 bits per heavy atom. The summed E-state index contributed by atoms with van der Waals surface area (Å²) in [6.45, 7) is 1.95. The minimum Gasteiger partial charge on any atom is -0.386 e. The SMILES string of the molecule is Cc1csc(CC(O)c2ncccc2Br)n1. The van der Waals surface area contributed by atoms with E-state index in [1.165, 1.54) is 0 Å². The molecule has 3 nitrogen and oxygen atoms in total. The third-order valence-electron chi connectivity index (χ3n) is 2.14. The van der Waals surface area contributed by atoms with Gasteiger partial charge in [0, 0.05) is 28.2 Å². The lowest BCUT2D eigenvalue weighted by atomic mass is 10.2. The zero-order valence-electron chi connectivity index (χ0n) is 8.72. The molecule has 1 atom stereocenters. The van der Waals surface area contributed by atoms with Crippen LogP contribution in [-0.4, -0.2) is 15.1 Å². The van der Waals surface area contributed by atoms with Crippen LogP contribution in [0.25, 0.3) is 0 Å². The van der Waals surface area contributed by atoms with Crippen LogP contribution in [0.3, 0.4) is 0 Å². The predicted molar refractivity (Wildman–Crippen MR) is 67.5 cm³/mol. The van der Waals surface area contributed by atoms with E-state index in [2.05, 4.69) is 25.9 Å². The van der Waals surface area contributed by atoms with Gasteiger partial charge in [0.1, 0.15) is 6.10 Å². The maximum atomic E-state index is 10.0. The van der Waals surface area contributed by atoms with Crippen molar-refractivity contribution in [3.63, 3.8) is 0 Å². The highest BCUT2D eigenvalue weighted by molar-refractivity contribution is 9.10. The molecule has 0 amide bonds. The van der Waals surface area contributed by atoms with Gasteiger partial charge in [-0.15, -0.1) is 11.3 Å². The molecule has 0 saturated carbocycles.